The van der Waals surface area contributed by atoms with Gasteiger partial charge in [-0.1, -0.05) is 19.3 Å². The monoisotopic (exact) mass is 247 g/mol. The van der Waals surface area contributed by atoms with E-state index in [0.717, 1.165) is 5.92 Å². The van der Waals surface area contributed by atoms with E-state index in [1.165, 1.54) is 63.7 Å². The molecule has 1 aliphatic heterocycles. The highest BCUT2D eigenvalue weighted by atomic mass is 15.3. The molecule has 0 N–H and O–H groups in total. The Balaban J connectivity index is 1.51. The Kier molecular flexibility index (Phi) is 3.69. The second kappa shape index (κ2) is 5.43. The van der Waals surface area contributed by atoms with Crippen molar-refractivity contribution in [1.82, 2.24) is 14.7 Å². The van der Waals surface area contributed by atoms with E-state index >= 15 is 0 Å². The lowest BCUT2D eigenvalue weighted by Gasteiger charge is -2.26. The van der Waals surface area contributed by atoms with E-state index in [-0.39, 0.29) is 0 Å². The quantitative estimate of drug-likeness (QED) is 0.818. The van der Waals surface area contributed by atoms with Gasteiger partial charge < -0.3 is 4.90 Å². The van der Waals surface area contributed by atoms with Crippen LogP contribution in [0.5, 0.6) is 0 Å². The van der Waals surface area contributed by atoms with Crippen molar-refractivity contribution in [1.29, 1.82) is 0 Å². The van der Waals surface area contributed by atoms with E-state index in [1.807, 2.05) is 6.20 Å². The van der Waals surface area contributed by atoms with Gasteiger partial charge in [0.15, 0.2) is 0 Å². The van der Waals surface area contributed by atoms with Crippen molar-refractivity contribution in [2.75, 3.05) is 19.6 Å². The number of rotatable bonds is 3. The number of aryl methyl sites for hydroxylation is 1. The van der Waals surface area contributed by atoms with E-state index in [0.29, 0.717) is 6.04 Å². The normalized spacial score (nSPS) is 26.8. The molecule has 0 radical (unpaired) electrons. The summed E-state index contributed by atoms with van der Waals surface area (Å²) in [5.41, 5.74) is 1.28. The summed E-state index contributed by atoms with van der Waals surface area (Å²) >= 11 is 0. The Morgan fingerprint density at radius 2 is 2.06 bits per heavy atom. The SMILES string of the molecule is Cc1cnn(C2CCN(CC3CCCCC3)C2)c1. The molecule has 1 aliphatic carbocycles. The molecule has 1 saturated heterocycles. The summed E-state index contributed by atoms with van der Waals surface area (Å²) in [6.45, 7) is 5.92. The predicted octanol–water partition coefficient (Wildman–Crippen LogP) is 3.02. The van der Waals surface area contributed by atoms with E-state index in [2.05, 4.69) is 27.8 Å². The van der Waals surface area contributed by atoms with Crippen LogP contribution >= 0.6 is 0 Å². The van der Waals surface area contributed by atoms with Crippen LogP contribution < -0.4 is 0 Å². The fourth-order valence-electron chi connectivity index (χ4n) is 3.56. The van der Waals surface area contributed by atoms with Gasteiger partial charge in [0.05, 0.1) is 12.2 Å². The predicted molar refractivity (Wildman–Crippen MR) is 73.6 cm³/mol. The van der Waals surface area contributed by atoms with Crippen molar-refractivity contribution < 1.29 is 0 Å². The minimum Gasteiger partial charge on any atom is -0.301 e. The molecule has 1 aromatic heterocycles. The number of hydrogen-bond donors (Lipinski definition) is 0. The summed E-state index contributed by atoms with van der Waals surface area (Å²) < 4.78 is 2.18. The lowest BCUT2D eigenvalue weighted by molar-refractivity contribution is 0.227. The van der Waals surface area contributed by atoms with Gasteiger partial charge in [-0.15, -0.1) is 0 Å². The first kappa shape index (κ1) is 12.2. The average Bonchev–Trinajstić information content (AvgIpc) is 2.99. The van der Waals surface area contributed by atoms with Gasteiger partial charge in [-0.3, -0.25) is 4.68 Å². The molecule has 3 rings (SSSR count). The molecular weight excluding hydrogens is 222 g/mol. The first-order valence-electron chi connectivity index (χ1n) is 7.54. The largest absolute Gasteiger partial charge is 0.301 e. The standard InChI is InChI=1S/C15H25N3/c1-13-9-16-18(10-13)15-7-8-17(12-15)11-14-5-3-2-4-6-14/h9-10,14-15H,2-8,11-12H2,1H3. The molecule has 2 heterocycles. The molecule has 2 aliphatic rings. The van der Waals surface area contributed by atoms with Crippen LogP contribution in [0.25, 0.3) is 0 Å². The highest BCUT2D eigenvalue weighted by Gasteiger charge is 2.26. The smallest absolute Gasteiger partial charge is 0.0658 e. The number of hydrogen-bond acceptors (Lipinski definition) is 2. The maximum absolute atomic E-state index is 4.47. The summed E-state index contributed by atoms with van der Waals surface area (Å²) in [5.74, 6) is 0.969. The van der Waals surface area contributed by atoms with Gasteiger partial charge in [0.1, 0.15) is 0 Å². The molecule has 3 heteroatoms. The molecule has 0 amide bonds. The Labute approximate surface area is 110 Å². The van der Waals surface area contributed by atoms with Crippen molar-refractivity contribution in [3.05, 3.63) is 18.0 Å². The van der Waals surface area contributed by atoms with E-state index in [9.17, 15) is 0 Å². The molecule has 0 spiro atoms. The first-order chi connectivity index (χ1) is 8.81. The van der Waals surface area contributed by atoms with Gasteiger partial charge in [0.25, 0.3) is 0 Å². The van der Waals surface area contributed by atoms with Gasteiger partial charge in [0, 0.05) is 25.8 Å². The molecule has 0 bridgehead atoms. The molecule has 1 aromatic rings. The van der Waals surface area contributed by atoms with Crippen LogP contribution in [-0.4, -0.2) is 34.3 Å². The van der Waals surface area contributed by atoms with Crippen molar-refractivity contribution in [3.63, 3.8) is 0 Å². The first-order valence-corrected chi connectivity index (χ1v) is 7.54. The number of aromatic nitrogens is 2. The third-order valence-electron chi connectivity index (χ3n) is 4.59. The van der Waals surface area contributed by atoms with Crippen LogP contribution in [0.15, 0.2) is 12.4 Å². The summed E-state index contributed by atoms with van der Waals surface area (Å²) in [6, 6.07) is 0.613. The molecule has 100 valence electrons. The minimum atomic E-state index is 0.613. The van der Waals surface area contributed by atoms with E-state index in [1.54, 1.807) is 0 Å². The van der Waals surface area contributed by atoms with Crippen LogP contribution in [-0.2, 0) is 0 Å². The Morgan fingerprint density at radius 3 is 2.78 bits per heavy atom. The van der Waals surface area contributed by atoms with Crippen LogP contribution in [0.1, 0.15) is 50.1 Å². The zero-order valence-electron chi connectivity index (χ0n) is 11.5. The van der Waals surface area contributed by atoms with Crippen molar-refractivity contribution >= 4 is 0 Å². The fourth-order valence-corrected chi connectivity index (χ4v) is 3.56. The topological polar surface area (TPSA) is 21.1 Å². The molecule has 18 heavy (non-hydrogen) atoms. The Morgan fingerprint density at radius 1 is 1.22 bits per heavy atom. The summed E-state index contributed by atoms with van der Waals surface area (Å²) in [4.78, 5) is 2.66. The number of likely N-dealkylation sites (tertiary alicyclic amines) is 1. The average molecular weight is 247 g/mol. The van der Waals surface area contributed by atoms with Crippen molar-refractivity contribution in [2.45, 2.75) is 51.5 Å². The third-order valence-corrected chi connectivity index (χ3v) is 4.59. The van der Waals surface area contributed by atoms with Gasteiger partial charge in [0.2, 0.25) is 0 Å². The lowest BCUT2D eigenvalue weighted by atomic mass is 9.89. The molecule has 2 fully saturated rings. The summed E-state index contributed by atoms with van der Waals surface area (Å²) in [7, 11) is 0. The molecule has 1 saturated carbocycles. The number of nitrogens with zero attached hydrogens (tertiary/aromatic N) is 3. The maximum Gasteiger partial charge on any atom is 0.0658 e. The fraction of sp³-hybridized carbons (Fsp3) is 0.800. The van der Waals surface area contributed by atoms with Gasteiger partial charge in [-0.25, -0.2) is 0 Å². The van der Waals surface area contributed by atoms with Crippen LogP contribution in [0.3, 0.4) is 0 Å². The Hall–Kier alpha value is -0.830. The minimum absolute atomic E-state index is 0.613. The van der Waals surface area contributed by atoms with Gasteiger partial charge in [-0.2, -0.15) is 5.10 Å². The maximum atomic E-state index is 4.47. The van der Waals surface area contributed by atoms with Gasteiger partial charge in [-0.05, 0) is 37.7 Å². The molecule has 0 aromatic carbocycles. The highest BCUT2D eigenvalue weighted by Crippen LogP contribution is 2.28. The molecule has 3 nitrogen and oxygen atoms in total. The van der Waals surface area contributed by atoms with Crippen LogP contribution in [0, 0.1) is 12.8 Å². The Bertz CT molecular complexity index is 379. The van der Waals surface area contributed by atoms with Crippen LogP contribution in [0.2, 0.25) is 0 Å². The second-order valence-electron chi connectivity index (χ2n) is 6.20. The molecule has 1 atom stereocenters. The van der Waals surface area contributed by atoms with E-state index < -0.39 is 0 Å². The van der Waals surface area contributed by atoms with Crippen LogP contribution in [0.4, 0.5) is 0 Å². The third kappa shape index (κ3) is 2.77. The summed E-state index contributed by atoms with van der Waals surface area (Å²) in [5, 5.41) is 4.47. The van der Waals surface area contributed by atoms with Crippen molar-refractivity contribution in [2.24, 2.45) is 5.92 Å². The summed E-state index contributed by atoms with van der Waals surface area (Å²) in [6.07, 6.45) is 12.7. The zero-order valence-corrected chi connectivity index (χ0v) is 11.5. The van der Waals surface area contributed by atoms with Gasteiger partial charge >= 0.3 is 0 Å². The lowest BCUT2D eigenvalue weighted by Crippen LogP contribution is -2.29. The highest BCUT2D eigenvalue weighted by molar-refractivity contribution is 5.01. The van der Waals surface area contributed by atoms with E-state index in [4.69, 9.17) is 0 Å². The zero-order chi connectivity index (χ0) is 12.4. The second-order valence-corrected chi connectivity index (χ2v) is 6.20. The molecule has 1 unspecified atom stereocenters. The molecular formula is C15H25N3. The van der Waals surface area contributed by atoms with Crippen molar-refractivity contribution in [3.8, 4) is 0 Å².